The van der Waals surface area contributed by atoms with Gasteiger partial charge in [0.1, 0.15) is 0 Å². The molecule has 0 saturated carbocycles. The summed E-state index contributed by atoms with van der Waals surface area (Å²) in [5.41, 5.74) is 5.44. The van der Waals surface area contributed by atoms with Gasteiger partial charge >= 0.3 is 0 Å². The maximum atomic E-state index is 13.0. The van der Waals surface area contributed by atoms with Crippen LogP contribution in [0.3, 0.4) is 0 Å². The Labute approximate surface area is 105 Å². The highest BCUT2D eigenvalue weighted by atomic mass is 19.3. The van der Waals surface area contributed by atoms with Crippen molar-refractivity contribution in [2.75, 3.05) is 24.7 Å². The number of ether oxygens (including phenoxy) is 1. The van der Waals surface area contributed by atoms with Gasteiger partial charge in [0, 0.05) is 19.4 Å². The van der Waals surface area contributed by atoms with Crippen LogP contribution in [0.2, 0.25) is 0 Å². The Bertz CT molecular complexity index is 387. The summed E-state index contributed by atoms with van der Waals surface area (Å²) in [7, 11) is 1.48. The number of alkyl halides is 2. The van der Waals surface area contributed by atoms with Gasteiger partial charge in [-0.2, -0.15) is 4.98 Å². The highest BCUT2D eigenvalue weighted by molar-refractivity contribution is 5.50. The van der Waals surface area contributed by atoms with Gasteiger partial charge in [-0.1, -0.05) is 6.92 Å². The molecular formula is C11H18F2N4O. The molecule has 0 atom stereocenters. The second kappa shape index (κ2) is 6.32. The molecule has 0 aliphatic carbocycles. The quantitative estimate of drug-likeness (QED) is 0.736. The van der Waals surface area contributed by atoms with Gasteiger partial charge in [0.2, 0.25) is 11.9 Å². The van der Waals surface area contributed by atoms with Gasteiger partial charge in [0.05, 0.1) is 13.3 Å². The number of hydrogen-bond acceptors (Lipinski definition) is 5. The molecule has 0 amide bonds. The third kappa shape index (κ3) is 4.31. The number of nitrogens with one attached hydrogen (secondary N) is 1. The van der Waals surface area contributed by atoms with E-state index < -0.39 is 5.92 Å². The van der Waals surface area contributed by atoms with E-state index in [1.807, 2.05) is 0 Å². The minimum atomic E-state index is -2.60. The van der Waals surface area contributed by atoms with E-state index in [0.29, 0.717) is 24.5 Å². The third-order valence-corrected chi connectivity index (χ3v) is 2.52. The molecule has 5 nitrogen and oxygen atoms in total. The van der Waals surface area contributed by atoms with Crippen LogP contribution in [0.5, 0.6) is 5.75 Å². The van der Waals surface area contributed by atoms with E-state index in [9.17, 15) is 8.78 Å². The molecule has 1 aromatic rings. The predicted octanol–water partition coefficient (Wildman–Crippen LogP) is 2.30. The van der Waals surface area contributed by atoms with Crippen molar-refractivity contribution in [1.29, 1.82) is 0 Å². The number of nitrogens with two attached hydrogens (primary N) is 1. The lowest BCUT2D eigenvalue weighted by atomic mass is 10.1. The van der Waals surface area contributed by atoms with E-state index in [-0.39, 0.29) is 18.8 Å². The molecule has 7 heteroatoms. The Morgan fingerprint density at radius 2 is 2.22 bits per heavy atom. The van der Waals surface area contributed by atoms with Crippen LogP contribution in [0.4, 0.5) is 20.5 Å². The van der Waals surface area contributed by atoms with Gasteiger partial charge in [-0.15, -0.1) is 0 Å². The number of rotatable bonds is 7. The van der Waals surface area contributed by atoms with Crippen molar-refractivity contribution >= 4 is 11.8 Å². The van der Waals surface area contributed by atoms with Crippen LogP contribution in [0.25, 0.3) is 0 Å². The zero-order valence-corrected chi connectivity index (χ0v) is 10.5. The first-order valence-electron chi connectivity index (χ1n) is 5.76. The van der Waals surface area contributed by atoms with Crippen LogP contribution in [-0.4, -0.2) is 29.5 Å². The number of nitrogen functional groups attached to an aromatic ring is 1. The molecule has 18 heavy (non-hydrogen) atoms. The van der Waals surface area contributed by atoms with Crippen LogP contribution in [0.15, 0.2) is 6.20 Å². The fourth-order valence-corrected chi connectivity index (χ4v) is 1.39. The molecule has 0 aliphatic rings. The molecule has 0 radical (unpaired) electrons. The van der Waals surface area contributed by atoms with Crippen LogP contribution in [0.1, 0.15) is 26.2 Å². The second-order valence-corrected chi connectivity index (χ2v) is 3.89. The molecule has 0 aromatic carbocycles. The van der Waals surface area contributed by atoms with Crippen LogP contribution < -0.4 is 15.8 Å². The first kappa shape index (κ1) is 14.4. The van der Waals surface area contributed by atoms with Crippen LogP contribution in [-0.2, 0) is 0 Å². The van der Waals surface area contributed by atoms with Crippen LogP contribution in [0, 0.1) is 0 Å². The van der Waals surface area contributed by atoms with Gasteiger partial charge in [-0.25, -0.2) is 13.8 Å². The molecule has 0 bridgehead atoms. The minimum absolute atomic E-state index is 0.109. The maximum Gasteiger partial charge on any atom is 0.248 e. The average molecular weight is 260 g/mol. The smallest absolute Gasteiger partial charge is 0.248 e. The summed E-state index contributed by atoms with van der Waals surface area (Å²) in [6.45, 7) is 1.85. The first-order valence-corrected chi connectivity index (χ1v) is 5.76. The molecule has 0 saturated heterocycles. The summed E-state index contributed by atoms with van der Waals surface area (Å²) >= 11 is 0. The Morgan fingerprint density at radius 1 is 1.50 bits per heavy atom. The highest BCUT2D eigenvalue weighted by Crippen LogP contribution is 2.25. The lowest BCUT2D eigenvalue weighted by molar-refractivity contribution is -0.0123. The predicted molar refractivity (Wildman–Crippen MR) is 66.0 cm³/mol. The van der Waals surface area contributed by atoms with E-state index in [4.69, 9.17) is 10.5 Å². The van der Waals surface area contributed by atoms with Gasteiger partial charge in [-0.3, -0.25) is 0 Å². The van der Waals surface area contributed by atoms with Crippen molar-refractivity contribution in [3.8, 4) is 5.75 Å². The number of nitrogens with zero attached hydrogens (tertiary/aromatic N) is 2. The SMILES string of the molecule is CCC(F)(F)CCCNc1nc(N)ncc1OC. The fourth-order valence-electron chi connectivity index (χ4n) is 1.39. The second-order valence-electron chi connectivity index (χ2n) is 3.89. The maximum absolute atomic E-state index is 13.0. The standard InChI is InChI=1S/C11H18F2N4O/c1-3-11(12,13)5-4-6-15-9-8(18-2)7-16-10(14)17-9/h7H,3-6H2,1-2H3,(H3,14,15,16,17). The normalized spacial score (nSPS) is 11.3. The zero-order chi connectivity index (χ0) is 13.6. The fraction of sp³-hybridized carbons (Fsp3) is 0.636. The van der Waals surface area contributed by atoms with Crippen molar-refractivity contribution in [1.82, 2.24) is 9.97 Å². The molecule has 3 N–H and O–H groups in total. The molecule has 0 aliphatic heterocycles. The third-order valence-electron chi connectivity index (χ3n) is 2.52. The molecule has 1 heterocycles. The largest absolute Gasteiger partial charge is 0.491 e. The molecular weight excluding hydrogens is 242 g/mol. The number of anilines is 2. The van der Waals surface area contributed by atoms with Gasteiger partial charge in [0.15, 0.2) is 11.6 Å². The molecule has 1 rings (SSSR count). The Kier molecular flexibility index (Phi) is 5.06. The Balaban J connectivity index is 2.46. The summed E-state index contributed by atoms with van der Waals surface area (Å²) in [5, 5.41) is 2.91. The van der Waals surface area contributed by atoms with Gasteiger partial charge < -0.3 is 15.8 Å². The summed E-state index contributed by atoms with van der Waals surface area (Å²) in [6, 6.07) is 0. The van der Waals surface area contributed by atoms with Crippen LogP contribution >= 0.6 is 0 Å². The lowest BCUT2D eigenvalue weighted by Crippen LogP contribution is -2.16. The summed E-state index contributed by atoms with van der Waals surface area (Å²) in [6.07, 6.45) is 1.48. The molecule has 102 valence electrons. The Hall–Kier alpha value is -1.66. The van der Waals surface area contributed by atoms with E-state index in [2.05, 4.69) is 15.3 Å². The minimum Gasteiger partial charge on any atom is -0.491 e. The van der Waals surface area contributed by atoms with Crippen molar-refractivity contribution in [2.45, 2.75) is 32.1 Å². The van der Waals surface area contributed by atoms with Crippen molar-refractivity contribution in [3.05, 3.63) is 6.20 Å². The number of methoxy groups -OCH3 is 1. The number of hydrogen-bond donors (Lipinski definition) is 2. The van der Waals surface area contributed by atoms with Crippen molar-refractivity contribution < 1.29 is 13.5 Å². The lowest BCUT2D eigenvalue weighted by Gasteiger charge is -2.14. The van der Waals surface area contributed by atoms with E-state index in [1.165, 1.54) is 20.2 Å². The van der Waals surface area contributed by atoms with E-state index in [0.717, 1.165) is 0 Å². The zero-order valence-electron chi connectivity index (χ0n) is 10.5. The van der Waals surface area contributed by atoms with Crippen molar-refractivity contribution in [2.24, 2.45) is 0 Å². The first-order chi connectivity index (χ1) is 8.48. The van der Waals surface area contributed by atoms with Crippen molar-refractivity contribution in [3.63, 3.8) is 0 Å². The van der Waals surface area contributed by atoms with E-state index >= 15 is 0 Å². The number of aromatic nitrogens is 2. The molecule has 0 fully saturated rings. The van der Waals surface area contributed by atoms with Gasteiger partial charge in [0.25, 0.3) is 0 Å². The molecule has 0 spiro atoms. The van der Waals surface area contributed by atoms with Gasteiger partial charge in [-0.05, 0) is 6.42 Å². The molecule has 0 unspecified atom stereocenters. The summed E-state index contributed by atoms with van der Waals surface area (Å²) in [4.78, 5) is 7.71. The summed E-state index contributed by atoms with van der Waals surface area (Å²) < 4.78 is 31.0. The molecule has 1 aromatic heterocycles. The Morgan fingerprint density at radius 3 is 2.83 bits per heavy atom. The highest BCUT2D eigenvalue weighted by Gasteiger charge is 2.24. The van der Waals surface area contributed by atoms with E-state index in [1.54, 1.807) is 0 Å². The average Bonchev–Trinajstić information content (AvgIpc) is 2.35. The number of halogens is 2. The topological polar surface area (TPSA) is 73.1 Å². The monoisotopic (exact) mass is 260 g/mol. The summed E-state index contributed by atoms with van der Waals surface area (Å²) in [5.74, 6) is -1.63.